The zero-order chi connectivity index (χ0) is 14.5. The van der Waals surface area contributed by atoms with Crippen LogP contribution in [0.1, 0.15) is 51.8 Å². The Morgan fingerprint density at radius 3 is 2.70 bits per heavy atom. The van der Waals surface area contributed by atoms with E-state index in [1.807, 2.05) is 18.7 Å². The molecule has 3 atom stereocenters. The highest BCUT2D eigenvalue weighted by Crippen LogP contribution is 2.37. The third kappa shape index (κ3) is 3.76. The zero-order valence-electron chi connectivity index (χ0n) is 13.2. The molecule has 0 aromatic carbocycles. The molecule has 1 aliphatic carbocycles. The highest BCUT2D eigenvalue weighted by Gasteiger charge is 2.31. The Kier molecular flexibility index (Phi) is 5.90. The van der Waals surface area contributed by atoms with Gasteiger partial charge in [-0.05, 0) is 38.6 Å². The summed E-state index contributed by atoms with van der Waals surface area (Å²) >= 11 is 1.92. The summed E-state index contributed by atoms with van der Waals surface area (Å²) in [5, 5.41) is 13.9. The third-order valence-corrected chi connectivity index (χ3v) is 5.76. The molecule has 0 spiro atoms. The van der Waals surface area contributed by atoms with Gasteiger partial charge >= 0.3 is 0 Å². The van der Waals surface area contributed by atoms with Crippen molar-refractivity contribution in [2.75, 3.05) is 6.54 Å². The molecule has 0 radical (unpaired) electrons. The summed E-state index contributed by atoms with van der Waals surface area (Å²) in [6.07, 6.45) is 6.65. The summed E-state index contributed by atoms with van der Waals surface area (Å²) in [4.78, 5) is 0. The second-order valence-corrected chi connectivity index (χ2v) is 7.08. The molecule has 0 saturated heterocycles. The molecule has 5 heteroatoms. The summed E-state index contributed by atoms with van der Waals surface area (Å²) in [6, 6.07) is 0.620. The third-order valence-electron chi connectivity index (χ3n) is 4.37. The second-order valence-electron chi connectivity index (χ2n) is 5.88. The van der Waals surface area contributed by atoms with Crippen molar-refractivity contribution < 1.29 is 0 Å². The summed E-state index contributed by atoms with van der Waals surface area (Å²) in [7, 11) is 2.06. The normalized spacial score (nSPS) is 26.9. The molecule has 1 aliphatic rings. The minimum atomic E-state index is 0.620. The maximum absolute atomic E-state index is 4.32. The van der Waals surface area contributed by atoms with E-state index in [0.717, 1.165) is 23.4 Å². The van der Waals surface area contributed by atoms with Crippen molar-refractivity contribution >= 4 is 11.8 Å². The van der Waals surface area contributed by atoms with E-state index in [1.54, 1.807) is 0 Å². The molecule has 3 unspecified atom stereocenters. The van der Waals surface area contributed by atoms with Crippen LogP contribution in [-0.4, -0.2) is 32.6 Å². The maximum atomic E-state index is 4.32. The van der Waals surface area contributed by atoms with Crippen LogP contribution in [0.2, 0.25) is 0 Å². The SMILES string of the molecule is CCCC1CCC(NCC)C(Sc2nnc(C)n2C)C1. The molecule has 114 valence electrons. The zero-order valence-corrected chi connectivity index (χ0v) is 14.0. The number of rotatable bonds is 6. The number of thioether (sulfide) groups is 1. The second kappa shape index (κ2) is 7.46. The summed E-state index contributed by atoms with van der Waals surface area (Å²) in [5.74, 6) is 1.88. The Balaban J connectivity index is 2.04. The Bertz CT molecular complexity index is 418. The fraction of sp³-hybridized carbons (Fsp3) is 0.867. The van der Waals surface area contributed by atoms with Crippen molar-refractivity contribution in [1.29, 1.82) is 0 Å². The van der Waals surface area contributed by atoms with Gasteiger partial charge in [-0.25, -0.2) is 0 Å². The molecular formula is C15H28N4S. The maximum Gasteiger partial charge on any atom is 0.191 e. The molecular weight excluding hydrogens is 268 g/mol. The van der Waals surface area contributed by atoms with Gasteiger partial charge in [-0.15, -0.1) is 10.2 Å². The summed E-state index contributed by atoms with van der Waals surface area (Å²) in [5.41, 5.74) is 0. The molecule has 0 amide bonds. The topological polar surface area (TPSA) is 42.7 Å². The molecule has 1 aromatic rings. The van der Waals surface area contributed by atoms with Gasteiger partial charge in [0.2, 0.25) is 0 Å². The average molecular weight is 296 g/mol. The van der Waals surface area contributed by atoms with Crippen LogP contribution >= 0.6 is 11.8 Å². The summed E-state index contributed by atoms with van der Waals surface area (Å²) in [6.45, 7) is 7.56. The van der Waals surface area contributed by atoms with Gasteiger partial charge in [0.15, 0.2) is 5.16 Å². The molecule has 1 fully saturated rings. The molecule has 1 heterocycles. The number of aryl methyl sites for hydroxylation is 1. The smallest absolute Gasteiger partial charge is 0.191 e. The van der Waals surface area contributed by atoms with Crippen LogP contribution < -0.4 is 5.32 Å². The number of hydrogen-bond donors (Lipinski definition) is 1. The minimum absolute atomic E-state index is 0.620. The number of nitrogens with one attached hydrogen (secondary N) is 1. The average Bonchev–Trinajstić information content (AvgIpc) is 2.74. The van der Waals surface area contributed by atoms with Gasteiger partial charge in [0.25, 0.3) is 0 Å². The predicted molar refractivity (Wildman–Crippen MR) is 85.1 cm³/mol. The monoisotopic (exact) mass is 296 g/mol. The van der Waals surface area contributed by atoms with E-state index in [4.69, 9.17) is 0 Å². The van der Waals surface area contributed by atoms with Crippen LogP contribution in [0.3, 0.4) is 0 Å². The fourth-order valence-corrected chi connectivity index (χ4v) is 4.55. The largest absolute Gasteiger partial charge is 0.313 e. The van der Waals surface area contributed by atoms with E-state index in [9.17, 15) is 0 Å². The van der Waals surface area contributed by atoms with E-state index >= 15 is 0 Å². The van der Waals surface area contributed by atoms with Gasteiger partial charge in [0.1, 0.15) is 5.82 Å². The van der Waals surface area contributed by atoms with Crippen molar-refractivity contribution in [3.8, 4) is 0 Å². The fourth-order valence-electron chi connectivity index (χ4n) is 3.13. The highest BCUT2D eigenvalue weighted by atomic mass is 32.2. The van der Waals surface area contributed by atoms with Gasteiger partial charge in [-0.2, -0.15) is 0 Å². The molecule has 20 heavy (non-hydrogen) atoms. The van der Waals surface area contributed by atoms with Crippen molar-refractivity contribution in [2.45, 2.75) is 69.3 Å². The predicted octanol–water partition coefficient (Wildman–Crippen LogP) is 3.16. The van der Waals surface area contributed by atoms with E-state index in [-0.39, 0.29) is 0 Å². The van der Waals surface area contributed by atoms with E-state index in [0.29, 0.717) is 11.3 Å². The molecule has 0 aliphatic heterocycles. The lowest BCUT2D eigenvalue weighted by molar-refractivity contribution is 0.289. The Labute approximate surface area is 127 Å². The first-order chi connectivity index (χ1) is 9.65. The van der Waals surface area contributed by atoms with Gasteiger partial charge in [-0.3, -0.25) is 0 Å². The molecule has 1 aromatic heterocycles. The molecule has 1 saturated carbocycles. The van der Waals surface area contributed by atoms with E-state index in [2.05, 4.69) is 41.0 Å². The summed E-state index contributed by atoms with van der Waals surface area (Å²) < 4.78 is 2.11. The van der Waals surface area contributed by atoms with Crippen LogP contribution in [0.5, 0.6) is 0 Å². The molecule has 0 bridgehead atoms. The van der Waals surface area contributed by atoms with Gasteiger partial charge in [0.05, 0.1) is 0 Å². The Hall–Kier alpha value is -0.550. The standard InChI is InChI=1S/C15H28N4S/c1-5-7-12-8-9-13(16-6-2)14(10-12)20-15-18-17-11(3)19(15)4/h12-14,16H,5-10H2,1-4H3. The lowest BCUT2D eigenvalue weighted by Gasteiger charge is -2.36. The van der Waals surface area contributed by atoms with Crippen molar-refractivity contribution in [3.63, 3.8) is 0 Å². The van der Waals surface area contributed by atoms with E-state index in [1.165, 1.54) is 32.1 Å². The number of nitrogens with zero attached hydrogens (tertiary/aromatic N) is 3. The van der Waals surface area contributed by atoms with Crippen molar-refractivity contribution in [2.24, 2.45) is 13.0 Å². The lowest BCUT2D eigenvalue weighted by Crippen LogP contribution is -2.42. The first kappa shape index (κ1) is 15.8. The molecule has 4 nitrogen and oxygen atoms in total. The number of hydrogen-bond acceptors (Lipinski definition) is 4. The van der Waals surface area contributed by atoms with Gasteiger partial charge in [0, 0.05) is 18.3 Å². The molecule has 1 N–H and O–H groups in total. The Morgan fingerprint density at radius 1 is 1.30 bits per heavy atom. The molecule has 2 rings (SSSR count). The van der Waals surface area contributed by atoms with Crippen LogP contribution in [0, 0.1) is 12.8 Å². The highest BCUT2D eigenvalue weighted by molar-refractivity contribution is 7.99. The van der Waals surface area contributed by atoms with Crippen LogP contribution in [0.15, 0.2) is 5.16 Å². The number of aromatic nitrogens is 3. The first-order valence-electron chi connectivity index (χ1n) is 7.91. The lowest BCUT2D eigenvalue weighted by atomic mass is 9.83. The van der Waals surface area contributed by atoms with Crippen molar-refractivity contribution in [1.82, 2.24) is 20.1 Å². The Morgan fingerprint density at radius 2 is 2.10 bits per heavy atom. The van der Waals surface area contributed by atoms with Crippen LogP contribution in [0.25, 0.3) is 0 Å². The van der Waals surface area contributed by atoms with E-state index < -0.39 is 0 Å². The van der Waals surface area contributed by atoms with Crippen LogP contribution in [-0.2, 0) is 7.05 Å². The van der Waals surface area contributed by atoms with Crippen molar-refractivity contribution in [3.05, 3.63) is 5.82 Å². The quantitative estimate of drug-likeness (QED) is 0.875. The van der Waals surface area contributed by atoms with Crippen LogP contribution in [0.4, 0.5) is 0 Å². The van der Waals surface area contributed by atoms with Gasteiger partial charge < -0.3 is 9.88 Å². The van der Waals surface area contributed by atoms with Gasteiger partial charge in [-0.1, -0.05) is 38.5 Å². The first-order valence-corrected chi connectivity index (χ1v) is 8.79. The minimum Gasteiger partial charge on any atom is -0.313 e.